The smallest absolute Gasteiger partial charge is 0.124 e. The maximum absolute atomic E-state index is 6.45. The molecule has 2 heterocycles. The summed E-state index contributed by atoms with van der Waals surface area (Å²) in [6, 6.07) is 10.2. The van der Waals surface area contributed by atoms with E-state index in [0.29, 0.717) is 6.61 Å². The van der Waals surface area contributed by atoms with E-state index in [1.54, 1.807) is 22.7 Å². The van der Waals surface area contributed by atoms with Gasteiger partial charge in [-0.15, -0.1) is 22.7 Å². The van der Waals surface area contributed by atoms with Gasteiger partial charge in [-0.25, -0.2) is 0 Å². The normalized spacial score (nSPS) is 12.8. The van der Waals surface area contributed by atoms with Gasteiger partial charge in [0, 0.05) is 24.3 Å². The Balaban J connectivity index is 2.02. The van der Waals surface area contributed by atoms with Crippen molar-refractivity contribution in [3.05, 3.63) is 50.6 Å². The van der Waals surface area contributed by atoms with Crippen molar-refractivity contribution in [1.82, 2.24) is 0 Å². The quantitative estimate of drug-likeness (QED) is 0.689. The fourth-order valence-corrected chi connectivity index (χ4v) is 4.66. The van der Waals surface area contributed by atoms with E-state index in [1.807, 2.05) is 25.1 Å². The summed E-state index contributed by atoms with van der Waals surface area (Å²) in [7, 11) is 0. The first-order valence-corrected chi connectivity index (χ1v) is 8.82. The molecule has 2 aromatic heterocycles. The van der Waals surface area contributed by atoms with Crippen molar-refractivity contribution in [2.45, 2.75) is 13.0 Å². The van der Waals surface area contributed by atoms with Crippen molar-refractivity contribution in [3.63, 3.8) is 0 Å². The SMILES string of the molecule is CCOc1ccc(Br)cc1C(N)c1cc2sccc2s1. The Hall–Kier alpha value is -0.880. The highest BCUT2D eigenvalue weighted by atomic mass is 79.9. The fourth-order valence-electron chi connectivity index (χ4n) is 2.14. The van der Waals surface area contributed by atoms with E-state index in [0.717, 1.165) is 15.8 Å². The number of fused-ring (bicyclic) bond motifs is 1. The zero-order chi connectivity index (χ0) is 14.1. The molecule has 0 fully saturated rings. The average Bonchev–Trinajstić information content (AvgIpc) is 3.01. The first kappa shape index (κ1) is 14.1. The number of hydrogen-bond donors (Lipinski definition) is 1. The van der Waals surface area contributed by atoms with Crippen molar-refractivity contribution < 1.29 is 4.74 Å². The maximum atomic E-state index is 6.45. The van der Waals surface area contributed by atoms with E-state index in [1.165, 1.54) is 14.3 Å². The van der Waals surface area contributed by atoms with Gasteiger partial charge < -0.3 is 10.5 Å². The first-order chi connectivity index (χ1) is 9.69. The largest absolute Gasteiger partial charge is 0.494 e. The molecule has 2 nitrogen and oxygen atoms in total. The Morgan fingerprint density at radius 3 is 2.85 bits per heavy atom. The number of benzene rings is 1. The Labute approximate surface area is 134 Å². The van der Waals surface area contributed by atoms with Crippen molar-refractivity contribution in [1.29, 1.82) is 0 Å². The summed E-state index contributed by atoms with van der Waals surface area (Å²) in [5.74, 6) is 0.861. The number of ether oxygens (including phenoxy) is 1. The number of halogens is 1. The molecular formula is C15H14BrNOS2. The molecule has 2 N–H and O–H groups in total. The van der Waals surface area contributed by atoms with Crippen LogP contribution in [-0.2, 0) is 0 Å². The molecule has 0 saturated heterocycles. The Morgan fingerprint density at radius 1 is 1.25 bits per heavy atom. The fraction of sp³-hybridized carbons (Fsp3) is 0.200. The second-order valence-electron chi connectivity index (χ2n) is 4.39. The van der Waals surface area contributed by atoms with Gasteiger partial charge in [0.25, 0.3) is 0 Å². The minimum atomic E-state index is -0.154. The summed E-state index contributed by atoms with van der Waals surface area (Å²) < 4.78 is 9.31. The van der Waals surface area contributed by atoms with Crippen LogP contribution < -0.4 is 10.5 Å². The van der Waals surface area contributed by atoms with Crippen LogP contribution in [0.25, 0.3) is 9.40 Å². The van der Waals surface area contributed by atoms with Gasteiger partial charge in [-0.05, 0) is 42.6 Å². The van der Waals surface area contributed by atoms with Gasteiger partial charge >= 0.3 is 0 Å². The summed E-state index contributed by atoms with van der Waals surface area (Å²) in [5, 5.41) is 2.11. The molecule has 0 aliphatic rings. The van der Waals surface area contributed by atoms with E-state index in [2.05, 4.69) is 33.4 Å². The summed E-state index contributed by atoms with van der Waals surface area (Å²) in [6.45, 7) is 2.62. The van der Waals surface area contributed by atoms with Gasteiger partial charge in [0.1, 0.15) is 5.75 Å². The van der Waals surface area contributed by atoms with Crippen LogP contribution >= 0.6 is 38.6 Å². The lowest BCUT2D eigenvalue weighted by Crippen LogP contribution is -2.12. The second kappa shape index (κ2) is 5.85. The summed E-state index contributed by atoms with van der Waals surface area (Å²) in [6.07, 6.45) is 0. The van der Waals surface area contributed by atoms with Gasteiger partial charge in [0.05, 0.1) is 12.6 Å². The van der Waals surface area contributed by atoms with E-state index < -0.39 is 0 Å². The predicted molar refractivity (Wildman–Crippen MR) is 91.0 cm³/mol. The monoisotopic (exact) mass is 367 g/mol. The van der Waals surface area contributed by atoms with Crippen LogP contribution in [-0.4, -0.2) is 6.61 Å². The van der Waals surface area contributed by atoms with Crippen molar-refractivity contribution in [3.8, 4) is 5.75 Å². The molecule has 0 aliphatic carbocycles. The molecular weight excluding hydrogens is 354 g/mol. The molecule has 1 unspecified atom stereocenters. The van der Waals surface area contributed by atoms with Crippen LogP contribution in [0.1, 0.15) is 23.4 Å². The van der Waals surface area contributed by atoms with E-state index in [4.69, 9.17) is 10.5 Å². The highest BCUT2D eigenvalue weighted by Crippen LogP contribution is 2.38. The highest BCUT2D eigenvalue weighted by Gasteiger charge is 2.17. The lowest BCUT2D eigenvalue weighted by atomic mass is 10.1. The van der Waals surface area contributed by atoms with Gasteiger partial charge in [0.2, 0.25) is 0 Å². The number of rotatable bonds is 4. The Bertz CT molecular complexity index is 706. The van der Waals surface area contributed by atoms with Crippen molar-refractivity contribution >= 4 is 48.0 Å². The highest BCUT2D eigenvalue weighted by molar-refractivity contribution is 9.10. The molecule has 3 aromatic rings. The zero-order valence-corrected chi connectivity index (χ0v) is 14.1. The third-order valence-electron chi connectivity index (χ3n) is 3.07. The van der Waals surface area contributed by atoms with E-state index >= 15 is 0 Å². The molecule has 3 rings (SSSR count). The van der Waals surface area contributed by atoms with Crippen molar-refractivity contribution in [2.24, 2.45) is 5.73 Å². The zero-order valence-electron chi connectivity index (χ0n) is 10.9. The first-order valence-electron chi connectivity index (χ1n) is 6.34. The lowest BCUT2D eigenvalue weighted by molar-refractivity contribution is 0.335. The van der Waals surface area contributed by atoms with Gasteiger partial charge in [-0.2, -0.15) is 0 Å². The van der Waals surface area contributed by atoms with Crippen LogP contribution in [0.3, 0.4) is 0 Å². The van der Waals surface area contributed by atoms with Crippen LogP contribution in [0.5, 0.6) is 5.75 Å². The minimum absolute atomic E-state index is 0.154. The number of thiophene rings is 2. The molecule has 104 valence electrons. The summed E-state index contributed by atoms with van der Waals surface area (Å²) in [4.78, 5) is 1.17. The Morgan fingerprint density at radius 2 is 2.10 bits per heavy atom. The third-order valence-corrected chi connectivity index (χ3v) is 5.74. The van der Waals surface area contributed by atoms with Crippen LogP contribution in [0.2, 0.25) is 0 Å². The Kier molecular flexibility index (Phi) is 4.12. The molecule has 1 atom stereocenters. The lowest BCUT2D eigenvalue weighted by Gasteiger charge is -2.16. The second-order valence-corrected chi connectivity index (χ2v) is 7.37. The molecule has 5 heteroatoms. The molecule has 20 heavy (non-hydrogen) atoms. The van der Waals surface area contributed by atoms with Crippen LogP contribution in [0, 0.1) is 0 Å². The van der Waals surface area contributed by atoms with Gasteiger partial charge in [0.15, 0.2) is 0 Å². The van der Waals surface area contributed by atoms with Crippen molar-refractivity contribution in [2.75, 3.05) is 6.61 Å². The van der Waals surface area contributed by atoms with Gasteiger partial charge in [-0.3, -0.25) is 0 Å². The predicted octanol–water partition coefficient (Wildman–Crippen LogP) is 5.17. The summed E-state index contributed by atoms with van der Waals surface area (Å²) >= 11 is 7.02. The van der Waals surface area contributed by atoms with Gasteiger partial charge in [-0.1, -0.05) is 15.9 Å². The molecule has 1 aromatic carbocycles. The third kappa shape index (κ3) is 2.63. The maximum Gasteiger partial charge on any atom is 0.124 e. The minimum Gasteiger partial charge on any atom is -0.494 e. The molecule has 0 saturated carbocycles. The molecule has 0 bridgehead atoms. The molecule has 0 radical (unpaired) electrons. The molecule has 0 aliphatic heterocycles. The van der Waals surface area contributed by atoms with E-state index in [-0.39, 0.29) is 6.04 Å². The van der Waals surface area contributed by atoms with Crippen LogP contribution in [0.4, 0.5) is 0 Å². The van der Waals surface area contributed by atoms with E-state index in [9.17, 15) is 0 Å². The topological polar surface area (TPSA) is 35.2 Å². The molecule has 0 spiro atoms. The average molecular weight is 368 g/mol. The number of nitrogens with two attached hydrogens (primary N) is 1. The standard InChI is InChI=1S/C15H14BrNOS2/c1-2-18-11-4-3-9(16)7-10(11)15(17)14-8-13-12(20-14)5-6-19-13/h3-8,15H,2,17H2,1H3. The molecule has 0 amide bonds. The summed E-state index contributed by atoms with van der Waals surface area (Å²) in [5.41, 5.74) is 7.48. The number of hydrogen-bond acceptors (Lipinski definition) is 4. The van der Waals surface area contributed by atoms with Crippen LogP contribution in [0.15, 0.2) is 40.2 Å².